The van der Waals surface area contributed by atoms with E-state index in [2.05, 4.69) is 168 Å². The molecule has 62 heavy (non-hydrogen) atoms. The lowest BCUT2D eigenvalue weighted by molar-refractivity contribution is -0.0399. The first-order chi connectivity index (χ1) is 30.7. The van der Waals surface area contributed by atoms with Crippen molar-refractivity contribution in [2.24, 2.45) is 23.7 Å². The molecule has 1 spiro atoms. The van der Waals surface area contributed by atoms with Gasteiger partial charge in [-0.2, -0.15) is 0 Å². The van der Waals surface area contributed by atoms with Gasteiger partial charge in [0.1, 0.15) is 0 Å². The Morgan fingerprint density at radius 2 is 1.15 bits per heavy atom. The quantitative estimate of drug-likeness (QED) is 0.178. The van der Waals surface area contributed by atoms with E-state index in [0.29, 0.717) is 11.8 Å². The molecule has 4 bridgehead atoms. The Bertz CT molecular complexity index is 3710. The zero-order chi connectivity index (χ0) is 40.3. The Balaban J connectivity index is 1.02. The highest BCUT2D eigenvalue weighted by Gasteiger charge is 2.61. The van der Waals surface area contributed by atoms with Gasteiger partial charge in [0, 0.05) is 52.9 Å². The van der Waals surface area contributed by atoms with Gasteiger partial charge in [-0.25, -0.2) is 9.97 Å². The number of aromatic nitrogens is 3. The van der Waals surface area contributed by atoms with Gasteiger partial charge in [-0.05, 0) is 125 Å². The molecular weight excluding hydrogens is 771 g/mol. The van der Waals surface area contributed by atoms with Crippen molar-refractivity contribution in [1.82, 2.24) is 14.5 Å². The molecule has 0 amide bonds. The van der Waals surface area contributed by atoms with Crippen LogP contribution in [-0.4, -0.2) is 14.5 Å². The Hall–Kier alpha value is -6.62. The predicted molar refractivity (Wildman–Crippen MR) is 258 cm³/mol. The highest BCUT2D eigenvalue weighted by molar-refractivity contribution is 7.26. The summed E-state index contributed by atoms with van der Waals surface area (Å²) >= 11 is 1.85. The molecule has 8 aromatic carbocycles. The number of hydrogen-bond acceptors (Lipinski definition) is 3. The molecule has 16 rings (SSSR count). The molecule has 3 aromatic heterocycles. The smallest absolute Gasteiger partial charge is 0.162 e. The van der Waals surface area contributed by atoms with Crippen molar-refractivity contribution in [1.29, 1.82) is 0 Å². The SMILES string of the molecule is c1ccc(-n2c3ccc4c(c3c3c5ccccc5ccc32)-c2ccccc2C42C3CC4CC(C3)CC2C4)c(-c2nc(-c3cccc4c3sc3ccccc34)c3ccccc3n2)c1. The maximum absolute atomic E-state index is 5.61. The summed E-state index contributed by atoms with van der Waals surface area (Å²) in [5.41, 5.74) is 13.9. The van der Waals surface area contributed by atoms with E-state index in [-0.39, 0.29) is 5.41 Å². The molecule has 0 atom stereocenters. The molecule has 3 heterocycles. The largest absolute Gasteiger partial charge is 0.308 e. The van der Waals surface area contributed by atoms with Gasteiger partial charge in [0.2, 0.25) is 0 Å². The molecule has 0 aliphatic heterocycles. The third-order valence-electron chi connectivity index (χ3n) is 16.0. The van der Waals surface area contributed by atoms with Crippen LogP contribution in [0.15, 0.2) is 164 Å². The summed E-state index contributed by atoms with van der Waals surface area (Å²) in [4.78, 5) is 11.0. The fourth-order valence-electron chi connectivity index (χ4n) is 14.0. The van der Waals surface area contributed by atoms with Gasteiger partial charge in [0.15, 0.2) is 5.82 Å². The van der Waals surface area contributed by atoms with E-state index >= 15 is 0 Å². The number of thiophene rings is 1. The number of benzene rings is 8. The van der Waals surface area contributed by atoms with Crippen LogP contribution in [0.25, 0.3) is 103 Å². The van der Waals surface area contributed by atoms with E-state index in [9.17, 15) is 0 Å². The molecule has 5 aliphatic carbocycles. The summed E-state index contributed by atoms with van der Waals surface area (Å²) in [5.74, 6) is 3.97. The second-order valence-electron chi connectivity index (χ2n) is 18.8. The second kappa shape index (κ2) is 12.3. The molecule has 0 saturated heterocycles. The van der Waals surface area contributed by atoms with Gasteiger partial charge in [-0.15, -0.1) is 11.3 Å². The summed E-state index contributed by atoms with van der Waals surface area (Å²) in [6, 6.07) is 61.2. The zero-order valence-corrected chi connectivity index (χ0v) is 35.0. The van der Waals surface area contributed by atoms with Crippen molar-refractivity contribution in [3.63, 3.8) is 0 Å². The van der Waals surface area contributed by atoms with Crippen LogP contribution in [0.5, 0.6) is 0 Å². The molecule has 294 valence electrons. The standard InChI is InChI=1S/C58H41N3S/c1-2-13-38-35(12-1)24-26-49-53(38)54-50(27-25-46-52(54)41-15-3-7-20-45(41)58(46)36-29-33-28-34(31-36)32-37(58)30-33)61(49)48-22-9-5-17-43(48)57-59-47-21-8-4-16-42(47)55(60-57)44-19-11-18-40-39-14-6-10-23-51(39)62-56(40)44/h1-27,33-34,36-37H,28-32H2. The van der Waals surface area contributed by atoms with E-state index in [1.807, 2.05) is 11.3 Å². The lowest BCUT2D eigenvalue weighted by atomic mass is 9.43. The molecule has 0 N–H and O–H groups in total. The molecule has 3 nitrogen and oxygen atoms in total. The first-order valence-corrected chi connectivity index (χ1v) is 23.4. The number of para-hydroxylation sites is 2. The van der Waals surface area contributed by atoms with Crippen LogP contribution in [0.2, 0.25) is 0 Å². The monoisotopic (exact) mass is 811 g/mol. The van der Waals surface area contributed by atoms with Crippen molar-refractivity contribution in [2.45, 2.75) is 37.5 Å². The number of rotatable bonds is 3. The molecule has 4 heteroatoms. The third-order valence-corrected chi connectivity index (χ3v) is 17.2. The molecule has 4 fully saturated rings. The van der Waals surface area contributed by atoms with Crippen LogP contribution >= 0.6 is 11.3 Å². The van der Waals surface area contributed by atoms with Gasteiger partial charge in [-0.1, -0.05) is 127 Å². The van der Waals surface area contributed by atoms with Crippen LogP contribution in [-0.2, 0) is 5.41 Å². The normalized spacial score (nSPS) is 22.3. The van der Waals surface area contributed by atoms with Crippen LogP contribution < -0.4 is 0 Å². The van der Waals surface area contributed by atoms with Gasteiger partial charge in [-0.3, -0.25) is 0 Å². The maximum atomic E-state index is 5.61. The Morgan fingerprint density at radius 1 is 0.484 bits per heavy atom. The van der Waals surface area contributed by atoms with Gasteiger partial charge in [0.25, 0.3) is 0 Å². The summed E-state index contributed by atoms with van der Waals surface area (Å²) in [5, 5.41) is 8.95. The van der Waals surface area contributed by atoms with E-state index in [1.165, 1.54) is 96.0 Å². The molecular formula is C58H41N3S. The van der Waals surface area contributed by atoms with Crippen molar-refractivity contribution >= 4 is 75.0 Å². The van der Waals surface area contributed by atoms with Crippen molar-refractivity contribution in [2.75, 3.05) is 0 Å². The number of hydrogen-bond donors (Lipinski definition) is 0. The Kier molecular flexibility index (Phi) is 6.73. The minimum atomic E-state index is 0.0943. The lowest BCUT2D eigenvalue weighted by Gasteiger charge is -2.61. The predicted octanol–water partition coefficient (Wildman–Crippen LogP) is 15.3. The van der Waals surface area contributed by atoms with E-state index < -0.39 is 0 Å². The Morgan fingerprint density at radius 3 is 2.02 bits per heavy atom. The molecule has 0 unspecified atom stereocenters. The average Bonchev–Trinajstić information content (AvgIpc) is 3.97. The first kappa shape index (κ1) is 34.0. The summed E-state index contributed by atoms with van der Waals surface area (Å²) < 4.78 is 5.10. The first-order valence-electron chi connectivity index (χ1n) is 22.6. The minimum Gasteiger partial charge on any atom is -0.308 e. The highest BCUT2D eigenvalue weighted by Crippen LogP contribution is 2.70. The minimum absolute atomic E-state index is 0.0943. The third kappa shape index (κ3) is 4.31. The van der Waals surface area contributed by atoms with Gasteiger partial charge < -0.3 is 4.57 Å². The second-order valence-corrected chi connectivity index (χ2v) is 19.9. The van der Waals surface area contributed by atoms with Crippen molar-refractivity contribution in [3.05, 3.63) is 175 Å². The summed E-state index contributed by atoms with van der Waals surface area (Å²) in [6.07, 6.45) is 6.97. The maximum Gasteiger partial charge on any atom is 0.162 e. The van der Waals surface area contributed by atoms with Gasteiger partial charge >= 0.3 is 0 Å². The van der Waals surface area contributed by atoms with E-state index in [0.717, 1.165) is 51.1 Å². The van der Waals surface area contributed by atoms with Crippen LogP contribution in [0.3, 0.4) is 0 Å². The van der Waals surface area contributed by atoms with E-state index in [4.69, 9.17) is 9.97 Å². The fraction of sp³-hybridized carbons (Fsp3) is 0.172. The van der Waals surface area contributed by atoms with Crippen molar-refractivity contribution < 1.29 is 0 Å². The highest BCUT2D eigenvalue weighted by atomic mass is 32.1. The molecule has 4 saturated carbocycles. The lowest BCUT2D eigenvalue weighted by Crippen LogP contribution is -2.55. The van der Waals surface area contributed by atoms with E-state index in [1.54, 1.807) is 11.1 Å². The molecule has 0 radical (unpaired) electrons. The summed E-state index contributed by atoms with van der Waals surface area (Å²) in [7, 11) is 0. The number of nitrogens with zero attached hydrogens (tertiary/aromatic N) is 3. The van der Waals surface area contributed by atoms with Crippen LogP contribution in [0.4, 0.5) is 0 Å². The Labute approximate surface area is 363 Å². The average molecular weight is 812 g/mol. The van der Waals surface area contributed by atoms with Crippen LogP contribution in [0, 0.1) is 23.7 Å². The number of fused-ring (bicyclic) bond motifs is 13. The topological polar surface area (TPSA) is 30.7 Å². The molecule has 11 aromatic rings. The van der Waals surface area contributed by atoms with Crippen LogP contribution in [0.1, 0.15) is 43.2 Å². The molecule has 5 aliphatic rings. The summed E-state index contributed by atoms with van der Waals surface area (Å²) in [6.45, 7) is 0. The zero-order valence-electron chi connectivity index (χ0n) is 34.2. The van der Waals surface area contributed by atoms with Gasteiger partial charge in [0.05, 0.1) is 27.9 Å². The van der Waals surface area contributed by atoms with Crippen molar-refractivity contribution in [3.8, 4) is 39.5 Å². The fourth-order valence-corrected chi connectivity index (χ4v) is 15.2.